The zero-order valence-electron chi connectivity index (χ0n) is 11.6. The van der Waals surface area contributed by atoms with Crippen LogP contribution in [0.5, 0.6) is 0 Å². The van der Waals surface area contributed by atoms with Gasteiger partial charge >= 0.3 is 5.97 Å². The number of benzene rings is 2. The molecule has 0 fully saturated rings. The summed E-state index contributed by atoms with van der Waals surface area (Å²) in [7, 11) is 0. The van der Waals surface area contributed by atoms with Crippen LogP contribution < -0.4 is 5.32 Å². The van der Waals surface area contributed by atoms with Crippen LogP contribution in [-0.4, -0.2) is 20.6 Å². The van der Waals surface area contributed by atoms with Crippen LogP contribution in [0.2, 0.25) is 0 Å². The zero-order valence-corrected chi connectivity index (χ0v) is 11.6. The lowest BCUT2D eigenvalue weighted by molar-refractivity contribution is -0.132. The maximum absolute atomic E-state index is 11.4. The number of carbonyl (C=O) groups is 1. The highest BCUT2D eigenvalue weighted by Gasteiger charge is 2.26. The van der Waals surface area contributed by atoms with E-state index in [1.807, 2.05) is 59.2 Å². The molecule has 1 unspecified atom stereocenters. The van der Waals surface area contributed by atoms with Gasteiger partial charge in [0.05, 0.1) is 17.1 Å². The van der Waals surface area contributed by atoms with Gasteiger partial charge in [0.25, 0.3) is 0 Å². The SMILES string of the molecule is O=C(O)C1=CC(c2ccccc2)n2c(nc3ccccc32)N1. The summed E-state index contributed by atoms with van der Waals surface area (Å²) in [5.74, 6) is -0.436. The molecule has 2 N–H and O–H groups in total. The molecule has 5 nitrogen and oxygen atoms in total. The van der Waals surface area contributed by atoms with Gasteiger partial charge in [0, 0.05) is 0 Å². The van der Waals surface area contributed by atoms with Crippen LogP contribution in [0.4, 0.5) is 5.95 Å². The predicted molar refractivity (Wildman–Crippen MR) is 83.7 cm³/mol. The van der Waals surface area contributed by atoms with Gasteiger partial charge in [-0.05, 0) is 23.8 Å². The fourth-order valence-electron chi connectivity index (χ4n) is 2.83. The minimum absolute atomic E-state index is 0.150. The molecule has 4 rings (SSSR count). The summed E-state index contributed by atoms with van der Waals surface area (Å²) in [6.07, 6.45) is 1.72. The van der Waals surface area contributed by atoms with E-state index in [-0.39, 0.29) is 11.7 Å². The average molecular weight is 291 g/mol. The first kappa shape index (κ1) is 12.6. The molecular formula is C17H13N3O2. The van der Waals surface area contributed by atoms with Crippen LogP contribution in [-0.2, 0) is 4.79 Å². The van der Waals surface area contributed by atoms with E-state index in [9.17, 15) is 9.90 Å². The molecule has 0 radical (unpaired) electrons. The van der Waals surface area contributed by atoms with Gasteiger partial charge in [-0.2, -0.15) is 0 Å². The molecule has 1 atom stereocenters. The third-order valence-corrected chi connectivity index (χ3v) is 3.82. The first-order valence-corrected chi connectivity index (χ1v) is 6.98. The second-order valence-corrected chi connectivity index (χ2v) is 5.16. The summed E-state index contributed by atoms with van der Waals surface area (Å²) >= 11 is 0. The van der Waals surface area contributed by atoms with Crippen molar-refractivity contribution in [3.63, 3.8) is 0 Å². The minimum atomic E-state index is -0.987. The van der Waals surface area contributed by atoms with Gasteiger partial charge in [0.2, 0.25) is 5.95 Å². The lowest BCUT2D eigenvalue weighted by Crippen LogP contribution is -2.23. The number of hydrogen-bond donors (Lipinski definition) is 2. The summed E-state index contributed by atoms with van der Waals surface area (Å²) in [6.45, 7) is 0. The topological polar surface area (TPSA) is 67.1 Å². The van der Waals surface area contributed by atoms with Crippen molar-refractivity contribution in [1.82, 2.24) is 9.55 Å². The summed E-state index contributed by atoms with van der Waals surface area (Å²) in [5.41, 5.74) is 2.98. The Morgan fingerprint density at radius 1 is 1.09 bits per heavy atom. The quantitative estimate of drug-likeness (QED) is 0.761. The van der Waals surface area contributed by atoms with Crippen LogP contribution >= 0.6 is 0 Å². The van der Waals surface area contributed by atoms with Crippen molar-refractivity contribution in [1.29, 1.82) is 0 Å². The highest BCUT2D eigenvalue weighted by atomic mass is 16.4. The molecule has 0 amide bonds. The van der Waals surface area contributed by atoms with Crippen LogP contribution in [0, 0.1) is 0 Å². The Kier molecular flexibility index (Phi) is 2.72. The standard InChI is InChI=1S/C17H13N3O2/c21-16(22)13-10-15(11-6-2-1-3-7-11)20-14-9-5-4-8-12(14)18-17(20)19-13/h1-10,15H,(H,18,19)(H,21,22). The molecule has 1 aromatic heterocycles. The third kappa shape index (κ3) is 1.87. The predicted octanol–water partition coefficient (Wildman–Crippen LogP) is 3.02. The second kappa shape index (κ2) is 4.73. The molecule has 0 spiro atoms. The lowest BCUT2D eigenvalue weighted by atomic mass is 10.0. The highest BCUT2D eigenvalue weighted by molar-refractivity contribution is 5.92. The fraction of sp³-hybridized carbons (Fsp3) is 0.0588. The Morgan fingerprint density at radius 3 is 2.59 bits per heavy atom. The van der Waals surface area contributed by atoms with E-state index >= 15 is 0 Å². The normalized spacial score (nSPS) is 16.7. The number of imidazole rings is 1. The van der Waals surface area contributed by atoms with E-state index in [2.05, 4.69) is 10.3 Å². The molecule has 2 aromatic carbocycles. The smallest absolute Gasteiger partial charge is 0.352 e. The van der Waals surface area contributed by atoms with E-state index in [4.69, 9.17) is 0 Å². The number of nitrogens with zero attached hydrogens (tertiary/aromatic N) is 2. The van der Waals surface area contributed by atoms with E-state index in [0.717, 1.165) is 16.6 Å². The molecule has 0 bridgehead atoms. The van der Waals surface area contributed by atoms with Crippen molar-refractivity contribution in [3.8, 4) is 0 Å². The van der Waals surface area contributed by atoms with Crippen LogP contribution in [0.15, 0.2) is 66.4 Å². The number of anilines is 1. The number of allylic oxidation sites excluding steroid dienone is 1. The Bertz CT molecular complexity index is 897. The molecule has 5 heteroatoms. The van der Waals surface area contributed by atoms with Crippen molar-refractivity contribution < 1.29 is 9.90 Å². The molecule has 22 heavy (non-hydrogen) atoms. The van der Waals surface area contributed by atoms with Crippen molar-refractivity contribution in [2.75, 3.05) is 5.32 Å². The highest BCUT2D eigenvalue weighted by Crippen LogP contribution is 2.34. The lowest BCUT2D eigenvalue weighted by Gasteiger charge is -2.24. The molecule has 3 aromatic rings. The number of rotatable bonds is 2. The third-order valence-electron chi connectivity index (χ3n) is 3.82. The van der Waals surface area contributed by atoms with Crippen LogP contribution in [0.1, 0.15) is 11.6 Å². The molecular weight excluding hydrogens is 278 g/mol. The van der Waals surface area contributed by atoms with E-state index in [1.54, 1.807) is 6.08 Å². The molecule has 0 aliphatic carbocycles. The van der Waals surface area contributed by atoms with Gasteiger partial charge in [-0.3, -0.25) is 4.57 Å². The van der Waals surface area contributed by atoms with E-state index in [1.165, 1.54) is 0 Å². The van der Waals surface area contributed by atoms with Gasteiger partial charge in [-0.15, -0.1) is 0 Å². The van der Waals surface area contributed by atoms with Gasteiger partial charge < -0.3 is 10.4 Å². The number of para-hydroxylation sites is 2. The van der Waals surface area contributed by atoms with E-state index < -0.39 is 5.97 Å². The Labute approximate surface area is 126 Å². The van der Waals surface area contributed by atoms with E-state index in [0.29, 0.717) is 5.95 Å². The van der Waals surface area contributed by atoms with Crippen LogP contribution in [0.25, 0.3) is 11.0 Å². The monoisotopic (exact) mass is 291 g/mol. The number of carboxylic acid groups (broad SMARTS) is 1. The first-order chi connectivity index (χ1) is 10.7. The molecule has 1 aliphatic heterocycles. The largest absolute Gasteiger partial charge is 0.477 e. The number of fused-ring (bicyclic) bond motifs is 3. The number of hydrogen-bond acceptors (Lipinski definition) is 3. The number of nitrogens with one attached hydrogen (secondary N) is 1. The molecule has 1 aliphatic rings. The number of aromatic nitrogens is 2. The fourth-order valence-corrected chi connectivity index (χ4v) is 2.83. The first-order valence-electron chi connectivity index (χ1n) is 6.98. The maximum atomic E-state index is 11.4. The zero-order chi connectivity index (χ0) is 15.1. The van der Waals surface area contributed by atoms with Gasteiger partial charge in [-0.25, -0.2) is 9.78 Å². The molecule has 108 valence electrons. The molecule has 0 saturated carbocycles. The van der Waals surface area contributed by atoms with Gasteiger partial charge in [0.15, 0.2) is 0 Å². The minimum Gasteiger partial charge on any atom is -0.477 e. The Balaban J connectivity index is 1.98. The maximum Gasteiger partial charge on any atom is 0.352 e. The summed E-state index contributed by atoms with van der Waals surface area (Å²) in [5, 5.41) is 12.2. The summed E-state index contributed by atoms with van der Waals surface area (Å²) < 4.78 is 2.02. The summed E-state index contributed by atoms with van der Waals surface area (Å²) in [6, 6.07) is 17.4. The van der Waals surface area contributed by atoms with Crippen molar-refractivity contribution in [2.45, 2.75) is 6.04 Å². The van der Waals surface area contributed by atoms with Gasteiger partial charge in [-0.1, -0.05) is 42.5 Å². The number of carboxylic acids is 1. The van der Waals surface area contributed by atoms with Crippen molar-refractivity contribution in [2.24, 2.45) is 0 Å². The Hall–Kier alpha value is -3.08. The van der Waals surface area contributed by atoms with Crippen molar-refractivity contribution in [3.05, 3.63) is 71.9 Å². The van der Waals surface area contributed by atoms with Crippen LogP contribution in [0.3, 0.4) is 0 Å². The van der Waals surface area contributed by atoms with Gasteiger partial charge in [0.1, 0.15) is 5.70 Å². The Morgan fingerprint density at radius 2 is 1.82 bits per heavy atom. The van der Waals surface area contributed by atoms with Crippen molar-refractivity contribution >= 4 is 23.0 Å². The molecule has 0 saturated heterocycles. The second-order valence-electron chi connectivity index (χ2n) is 5.16. The average Bonchev–Trinajstić information content (AvgIpc) is 2.93. The molecule has 2 heterocycles. The number of aliphatic carboxylic acids is 1. The summed E-state index contributed by atoms with van der Waals surface area (Å²) in [4.78, 5) is 15.9.